The van der Waals surface area contributed by atoms with Gasteiger partial charge in [-0.25, -0.2) is 0 Å². The molecule has 0 saturated carbocycles. The van der Waals surface area contributed by atoms with Gasteiger partial charge in [-0.3, -0.25) is 0 Å². The molecule has 0 bridgehead atoms. The van der Waals surface area contributed by atoms with Crippen molar-refractivity contribution in [2.24, 2.45) is 5.92 Å². The zero-order chi connectivity index (χ0) is 14.8. The fourth-order valence-corrected chi connectivity index (χ4v) is 3.02. The van der Waals surface area contributed by atoms with E-state index in [4.69, 9.17) is 0 Å². The minimum atomic E-state index is 0.506. The van der Waals surface area contributed by atoms with Gasteiger partial charge in [0.25, 0.3) is 0 Å². The van der Waals surface area contributed by atoms with Gasteiger partial charge in [0.15, 0.2) is 0 Å². The van der Waals surface area contributed by atoms with Gasteiger partial charge in [0.2, 0.25) is 0 Å². The Balaban J connectivity index is 2.72. The molecule has 1 N–H and O–H groups in total. The van der Waals surface area contributed by atoms with E-state index >= 15 is 0 Å². The normalized spacial score (nSPS) is 14.2. The molecule has 0 aliphatic rings. The average molecular weight is 275 g/mol. The molecule has 1 aromatic carbocycles. The first-order valence-electron chi connectivity index (χ1n) is 8.52. The Morgan fingerprint density at radius 2 is 1.60 bits per heavy atom. The van der Waals surface area contributed by atoms with Crippen LogP contribution in [-0.4, -0.2) is 7.05 Å². The topological polar surface area (TPSA) is 12.0 Å². The SMILES string of the molecule is CCCCc1ccc(C(NC)C(CC)CCCC)cc1. The minimum Gasteiger partial charge on any atom is -0.313 e. The van der Waals surface area contributed by atoms with Crippen LogP contribution in [0, 0.1) is 5.92 Å². The van der Waals surface area contributed by atoms with Gasteiger partial charge >= 0.3 is 0 Å². The molecule has 0 aliphatic heterocycles. The zero-order valence-electron chi connectivity index (χ0n) is 13.9. The Morgan fingerprint density at radius 3 is 2.10 bits per heavy atom. The molecule has 1 nitrogen and oxygen atoms in total. The van der Waals surface area contributed by atoms with Crippen molar-refractivity contribution >= 4 is 0 Å². The van der Waals surface area contributed by atoms with Crippen molar-refractivity contribution in [3.8, 4) is 0 Å². The van der Waals surface area contributed by atoms with E-state index in [-0.39, 0.29) is 0 Å². The summed E-state index contributed by atoms with van der Waals surface area (Å²) in [5.41, 5.74) is 2.93. The second kappa shape index (κ2) is 9.99. The van der Waals surface area contributed by atoms with Crippen LogP contribution in [-0.2, 0) is 6.42 Å². The van der Waals surface area contributed by atoms with E-state index in [0.717, 1.165) is 5.92 Å². The van der Waals surface area contributed by atoms with Crippen LogP contribution >= 0.6 is 0 Å². The largest absolute Gasteiger partial charge is 0.313 e. The van der Waals surface area contributed by atoms with Crippen LogP contribution in [0.2, 0.25) is 0 Å². The molecule has 20 heavy (non-hydrogen) atoms. The van der Waals surface area contributed by atoms with Crippen LogP contribution < -0.4 is 5.32 Å². The van der Waals surface area contributed by atoms with E-state index in [1.807, 2.05) is 0 Å². The van der Waals surface area contributed by atoms with Gasteiger partial charge in [0, 0.05) is 6.04 Å². The summed E-state index contributed by atoms with van der Waals surface area (Å²) in [6.07, 6.45) is 9.00. The summed E-state index contributed by atoms with van der Waals surface area (Å²) in [7, 11) is 2.10. The maximum Gasteiger partial charge on any atom is 0.0346 e. The van der Waals surface area contributed by atoms with E-state index < -0.39 is 0 Å². The first kappa shape index (κ1) is 17.2. The number of nitrogens with one attached hydrogen (secondary N) is 1. The molecule has 0 spiro atoms. The van der Waals surface area contributed by atoms with Crippen LogP contribution in [0.1, 0.15) is 76.5 Å². The highest BCUT2D eigenvalue weighted by molar-refractivity contribution is 5.25. The maximum atomic E-state index is 3.54. The molecule has 0 heterocycles. The fraction of sp³-hybridized carbons (Fsp3) is 0.684. The van der Waals surface area contributed by atoms with Crippen molar-refractivity contribution < 1.29 is 0 Å². The molecule has 0 aromatic heterocycles. The number of hydrogen-bond acceptors (Lipinski definition) is 1. The van der Waals surface area contributed by atoms with E-state index in [1.54, 1.807) is 0 Å². The Morgan fingerprint density at radius 1 is 0.950 bits per heavy atom. The number of rotatable bonds is 10. The molecule has 114 valence electrons. The molecule has 0 fully saturated rings. The van der Waals surface area contributed by atoms with Gasteiger partial charge in [0.1, 0.15) is 0 Å². The highest BCUT2D eigenvalue weighted by atomic mass is 14.9. The maximum absolute atomic E-state index is 3.54. The average Bonchev–Trinajstić information content (AvgIpc) is 2.50. The summed E-state index contributed by atoms with van der Waals surface area (Å²) in [6.45, 7) is 6.86. The van der Waals surface area contributed by atoms with E-state index in [2.05, 4.69) is 57.4 Å². The molecule has 1 heteroatoms. The third kappa shape index (κ3) is 5.28. The van der Waals surface area contributed by atoms with Crippen LogP contribution in [0.25, 0.3) is 0 Å². The third-order valence-electron chi connectivity index (χ3n) is 4.39. The Hall–Kier alpha value is -0.820. The molecule has 0 aliphatic carbocycles. The van der Waals surface area contributed by atoms with Crippen molar-refractivity contribution in [1.82, 2.24) is 5.32 Å². The summed E-state index contributed by atoms with van der Waals surface area (Å²) < 4.78 is 0. The first-order valence-corrected chi connectivity index (χ1v) is 8.52. The molecular formula is C19H33N. The molecule has 1 aromatic rings. The number of hydrogen-bond donors (Lipinski definition) is 1. The van der Waals surface area contributed by atoms with E-state index in [0.29, 0.717) is 6.04 Å². The lowest BCUT2D eigenvalue weighted by Crippen LogP contribution is -2.25. The smallest absolute Gasteiger partial charge is 0.0346 e. The Bertz CT molecular complexity index is 341. The number of benzene rings is 1. The lowest BCUT2D eigenvalue weighted by Gasteiger charge is -2.26. The van der Waals surface area contributed by atoms with Crippen LogP contribution in [0.4, 0.5) is 0 Å². The predicted molar refractivity (Wildman–Crippen MR) is 90.2 cm³/mol. The van der Waals surface area contributed by atoms with Crippen molar-refractivity contribution in [2.75, 3.05) is 7.05 Å². The summed E-state index contributed by atoms with van der Waals surface area (Å²) in [4.78, 5) is 0. The highest BCUT2D eigenvalue weighted by Gasteiger charge is 2.19. The van der Waals surface area contributed by atoms with Gasteiger partial charge < -0.3 is 5.32 Å². The second-order valence-electron chi connectivity index (χ2n) is 5.92. The molecule has 2 unspecified atom stereocenters. The van der Waals surface area contributed by atoms with Crippen molar-refractivity contribution in [3.63, 3.8) is 0 Å². The fourth-order valence-electron chi connectivity index (χ4n) is 3.02. The first-order chi connectivity index (χ1) is 9.76. The highest BCUT2D eigenvalue weighted by Crippen LogP contribution is 2.29. The Kier molecular flexibility index (Phi) is 8.60. The monoisotopic (exact) mass is 275 g/mol. The Labute approximate surface area is 126 Å². The number of aryl methyl sites for hydroxylation is 1. The molecule has 2 atom stereocenters. The zero-order valence-corrected chi connectivity index (χ0v) is 13.9. The lowest BCUT2D eigenvalue weighted by molar-refractivity contribution is 0.339. The van der Waals surface area contributed by atoms with E-state index in [9.17, 15) is 0 Å². The van der Waals surface area contributed by atoms with Gasteiger partial charge in [0.05, 0.1) is 0 Å². The van der Waals surface area contributed by atoms with Crippen LogP contribution in [0.15, 0.2) is 24.3 Å². The van der Waals surface area contributed by atoms with Gasteiger partial charge in [-0.05, 0) is 43.4 Å². The molecular weight excluding hydrogens is 242 g/mol. The van der Waals surface area contributed by atoms with Crippen molar-refractivity contribution in [2.45, 2.75) is 71.8 Å². The molecule has 0 amide bonds. The quantitative estimate of drug-likeness (QED) is 0.594. The molecule has 0 saturated heterocycles. The van der Waals surface area contributed by atoms with Crippen molar-refractivity contribution in [3.05, 3.63) is 35.4 Å². The third-order valence-corrected chi connectivity index (χ3v) is 4.39. The summed E-state index contributed by atoms with van der Waals surface area (Å²) >= 11 is 0. The van der Waals surface area contributed by atoms with Crippen LogP contribution in [0.5, 0.6) is 0 Å². The van der Waals surface area contributed by atoms with Crippen LogP contribution in [0.3, 0.4) is 0 Å². The van der Waals surface area contributed by atoms with E-state index in [1.165, 1.54) is 56.1 Å². The standard InChI is InChI=1S/C19H33N/c1-5-8-10-16-12-14-18(15-13-16)19(20-4)17(7-3)11-9-6-2/h12-15,17,19-20H,5-11H2,1-4H3. The predicted octanol–water partition coefficient (Wildman–Crippen LogP) is 5.51. The summed E-state index contributed by atoms with van der Waals surface area (Å²) in [5.74, 6) is 0.751. The van der Waals surface area contributed by atoms with Gasteiger partial charge in [-0.15, -0.1) is 0 Å². The van der Waals surface area contributed by atoms with Gasteiger partial charge in [-0.2, -0.15) is 0 Å². The number of unbranched alkanes of at least 4 members (excludes halogenated alkanes) is 2. The lowest BCUT2D eigenvalue weighted by atomic mass is 9.86. The summed E-state index contributed by atoms with van der Waals surface area (Å²) in [6, 6.07) is 9.82. The minimum absolute atomic E-state index is 0.506. The second-order valence-corrected chi connectivity index (χ2v) is 5.92. The van der Waals surface area contributed by atoms with Gasteiger partial charge in [-0.1, -0.05) is 70.7 Å². The molecule has 0 radical (unpaired) electrons. The van der Waals surface area contributed by atoms with Crippen molar-refractivity contribution in [1.29, 1.82) is 0 Å². The molecule has 1 rings (SSSR count). The summed E-state index contributed by atoms with van der Waals surface area (Å²) in [5, 5.41) is 3.54.